The largest absolute Gasteiger partial charge is 0.313 e. The molecule has 0 radical (unpaired) electrons. The quantitative estimate of drug-likeness (QED) is 0.839. The summed E-state index contributed by atoms with van der Waals surface area (Å²) < 4.78 is 0. The SMILES string of the molecule is CC1NCCC1C(=O)Nc1nc2c(s1)CCC2. The molecule has 17 heavy (non-hydrogen) atoms. The van der Waals surface area contributed by atoms with Crippen LogP contribution >= 0.6 is 11.3 Å². The van der Waals surface area contributed by atoms with Crippen molar-refractivity contribution in [1.29, 1.82) is 0 Å². The Kier molecular flexibility index (Phi) is 2.88. The molecule has 0 saturated carbocycles. The van der Waals surface area contributed by atoms with Gasteiger partial charge in [-0.15, -0.1) is 11.3 Å². The summed E-state index contributed by atoms with van der Waals surface area (Å²) in [4.78, 5) is 17.9. The molecule has 1 amide bonds. The Balaban J connectivity index is 1.68. The number of nitrogens with zero attached hydrogens (tertiary/aromatic N) is 1. The van der Waals surface area contributed by atoms with Gasteiger partial charge in [-0.2, -0.15) is 0 Å². The van der Waals surface area contributed by atoms with Gasteiger partial charge < -0.3 is 10.6 Å². The first kappa shape index (κ1) is 11.2. The number of nitrogens with one attached hydrogen (secondary N) is 2. The zero-order valence-electron chi connectivity index (χ0n) is 9.95. The van der Waals surface area contributed by atoms with Crippen LogP contribution in [0.1, 0.15) is 30.3 Å². The zero-order valence-corrected chi connectivity index (χ0v) is 10.8. The Morgan fingerprint density at radius 2 is 2.41 bits per heavy atom. The predicted octanol–water partition coefficient (Wildman–Crippen LogP) is 1.57. The number of thiazole rings is 1. The number of aromatic nitrogens is 1. The van der Waals surface area contributed by atoms with E-state index in [9.17, 15) is 4.79 Å². The van der Waals surface area contributed by atoms with Crippen LogP contribution in [0.25, 0.3) is 0 Å². The number of anilines is 1. The summed E-state index contributed by atoms with van der Waals surface area (Å²) in [6.45, 7) is 3.01. The molecule has 0 spiro atoms. The first-order valence-electron chi connectivity index (χ1n) is 6.27. The van der Waals surface area contributed by atoms with Gasteiger partial charge >= 0.3 is 0 Å². The molecule has 1 fully saturated rings. The maximum Gasteiger partial charge on any atom is 0.230 e. The Morgan fingerprint density at radius 3 is 3.12 bits per heavy atom. The molecule has 1 aliphatic heterocycles. The summed E-state index contributed by atoms with van der Waals surface area (Å²) in [6, 6.07) is 0.279. The molecular formula is C12H17N3OS. The molecule has 3 rings (SSSR count). The van der Waals surface area contributed by atoms with Gasteiger partial charge in [0.05, 0.1) is 11.6 Å². The zero-order chi connectivity index (χ0) is 11.8. The van der Waals surface area contributed by atoms with Crippen LogP contribution in [0, 0.1) is 5.92 Å². The minimum atomic E-state index is 0.0914. The Labute approximate surface area is 105 Å². The summed E-state index contributed by atoms with van der Waals surface area (Å²) >= 11 is 1.65. The molecule has 2 aliphatic rings. The fourth-order valence-corrected chi connectivity index (χ4v) is 3.71. The Morgan fingerprint density at radius 1 is 1.53 bits per heavy atom. The normalized spacial score (nSPS) is 27.1. The third-order valence-electron chi connectivity index (χ3n) is 3.69. The van der Waals surface area contributed by atoms with Crippen molar-refractivity contribution in [3.8, 4) is 0 Å². The fourth-order valence-electron chi connectivity index (χ4n) is 2.66. The molecule has 4 nitrogen and oxygen atoms in total. The monoisotopic (exact) mass is 251 g/mol. The molecular weight excluding hydrogens is 234 g/mol. The van der Waals surface area contributed by atoms with Crippen molar-refractivity contribution in [3.63, 3.8) is 0 Å². The lowest BCUT2D eigenvalue weighted by molar-refractivity contribution is -0.119. The van der Waals surface area contributed by atoms with E-state index < -0.39 is 0 Å². The molecule has 2 atom stereocenters. The van der Waals surface area contributed by atoms with E-state index in [0.29, 0.717) is 0 Å². The average Bonchev–Trinajstić information content (AvgIpc) is 2.92. The highest BCUT2D eigenvalue weighted by atomic mass is 32.1. The van der Waals surface area contributed by atoms with Crippen LogP contribution < -0.4 is 10.6 Å². The van der Waals surface area contributed by atoms with Crippen LogP contribution in [0.5, 0.6) is 0 Å². The molecule has 0 aromatic carbocycles. The highest BCUT2D eigenvalue weighted by Crippen LogP contribution is 2.31. The summed E-state index contributed by atoms with van der Waals surface area (Å²) in [6.07, 6.45) is 4.34. The maximum atomic E-state index is 12.1. The summed E-state index contributed by atoms with van der Waals surface area (Å²) in [5.41, 5.74) is 1.20. The fraction of sp³-hybridized carbons (Fsp3) is 0.667. The Bertz CT molecular complexity index is 421. The smallest absolute Gasteiger partial charge is 0.230 e. The molecule has 2 unspecified atom stereocenters. The number of rotatable bonds is 2. The third kappa shape index (κ3) is 2.09. The third-order valence-corrected chi connectivity index (χ3v) is 4.76. The lowest BCUT2D eigenvalue weighted by Gasteiger charge is -2.13. The molecule has 1 aromatic rings. The maximum absolute atomic E-state index is 12.1. The highest BCUT2D eigenvalue weighted by molar-refractivity contribution is 7.15. The second kappa shape index (κ2) is 4.38. The number of hydrogen-bond donors (Lipinski definition) is 2. The van der Waals surface area contributed by atoms with Crippen molar-refractivity contribution >= 4 is 22.4 Å². The van der Waals surface area contributed by atoms with Crippen molar-refractivity contribution in [2.45, 2.75) is 38.6 Å². The van der Waals surface area contributed by atoms with Gasteiger partial charge in [0.1, 0.15) is 0 Å². The number of fused-ring (bicyclic) bond motifs is 1. The van der Waals surface area contributed by atoms with Crippen LogP contribution in [0.3, 0.4) is 0 Å². The van der Waals surface area contributed by atoms with Crippen molar-refractivity contribution in [2.75, 3.05) is 11.9 Å². The lowest BCUT2D eigenvalue weighted by atomic mass is 10.0. The first-order valence-corrected chi connectivity index (χ1v) is 7.08. The molecule has 2 N–H and O–H groups in total. The van der Waals surface area contributed by atoms with Gasteiger partial charge in [-0.3, -0.25) is 4.79 Å². The van der Waals surface area contributed by atoms with E-state index in [0.717, 1.165) is 30.9 Å². The first-order chi connectivity index (χ1) is 8.24. The van der Waals surface area contributed by atoms with Gasteiger partial charge in [-0.05, 0) is 39.2 Å². The van der Waals surface area contributed by atoms with Gasteiger partial charge in [0.15, 0.2) is 5.13 Å². The van der Waals surface area contributed by atoms with E-state index in [1.807, 2.05) is 0 Å². The summed E-state index contributed by atoms with van der Waals surface area (Å²) in [7, 11) is 0. The number of hydrogen-bond acceptors (Lipinski definition) is 4. The van der Waals surface area contributed by atoms with Crippen LogP contribution in [0.4, 0.5) is 5.13 Å². The second-order valence-electron chi connectivity index (χ2n) is 4.87. The van der Waals surface area contributed by atoms with Crippen molar-refractivity contribution in [2.24, 2.45) is 5.92 Å². The van der Waals surface area contributed by atoms with E-state index in [-0.39, 0.29) is 17.9 Å². The van der Waals surface area contributed by atoms with Gasteiger partial charge in [-0.1, -0.05) is 0 Å². The van der Waals surface area contributed by atoms with E-state index in [1.54, 1.807) is 11.3 Å². The standard InChI is InChI=1S/C12H17N3OS/c1-7-8(5-6-13-7)11(16)15-12-14-9-3-2-4-10(9)17-12/h7-8,13H,2-6H2,1H3,(H,14,15,16). The predicted molar refractivity (Wildman–Crippen MR) is 68.3 cm³/mol. The minimum absolute atomic E-state index is 0.0914. The number of amides is 1. The number of carbonyl (C=O) groups is 1. The van der Waals surface area contributed by atoms with Crippen LogP contribution in [0.2, 0.25) is 0 Å². The van der Waals surface area contributed by atoms with Gasteiger partial charge in [-0.25, -0.2) is 4.98 Å². The van der Waals surface area contributed by atoms with E-state index >= 15 is 0 Å². The van der Waals surface area contributed by atoms with E-state index in [2.05, 4.69) is 22.5 Å². The molecule has 0 bridgehead atoms. The average molecular weight is 251 g/mol. The Hall–Kier alpha value is -0.940. The number of aryl methyl sites for hydroxylation is 2. The lowest BCUT2D eigenvalue weighted by Crippen LogP contribution is -2.32. The molecule has 1 saturated heterocycles. The summed E-state index contributed by atoms with van der Waals surface area (Å²) in [5.74, 6) is 0.212. The topological polar surface area (TPSA) is 54.0 Å². The molecule has 1 aliphatic carbocycles. The van der Waals surface area contributed by atoms with Gasteiger partial charge in [0, 0.05) is 10.9 Å². The van der Waals surface area contributed by atoms with Crippen molar-refractivity contribution in [3.05, 3.63) is 10.6 Å². The second-order valence-corrected chi connectivity index (χ2v) is 5.95. The minimum Gasteiger partial charge on any atom is -0.313 e. The molecule has 5 heteroatoms. The molecule has 1 aromatic heterocycles. The van der Waals surface area contributed by atoms with Crippen molar-refractivity contribution < 1.29 is 4.79 Å². The summed E-state index contributed by atoms with van der Waals surface area (Å²) in [5, 5.41) is 7.06. The van der Waals surface area contributed by atoms with Crippen LogP contribution in [-0.4, -0.2) is 23.5 Å². The van der Waals surface area contributed by atoms with Gasteiger partial charge in [0.2, 0.25) is 5.91 Å². The van der Waals surface area contributed by atoms with Crippen molar-refractivity contribution in [1.82, 2.24) is 10.3 Å². The molecule has 2 heterocycles. The van der Waals surface area contributed by atoms with Gasteiger partial charge in [0.25, 0.3) is 0 Å². The number of carbonyl (C=O) groups excluding carboxylic acids is 1. The van der Waals surface area contributed by atoms with Crippen LogP contribution in [0.15, 0.2) is 0 Å². The van der Waals surface area contributed by atoms with Crippen LogP contribution in [-0.2, 0) is 17.6 Å². The van der Waals surface area contributed by atoms with E-state index in [4.69, 9.17) is 0 Å². The molecule has 92 valence electrons. The van der Waals surface area contributed by atoms with E-state index in [1.165, 1.54) is 17.0 Å². The highest BCUT2D eigenvalue weighted by Gasteiger charge is 2.30.